The van der Waals surface area contributed by atoms with Crippen LogP contribution < -0.4 is 4.74 Å². The predicted molar refractivity (Wildman–Crippen MR) is 108 cm³/mol. The Balaban J connectivity index is 2.11. The van der Waals surface area contributed by atoms with Gasteiger partial charge >= 0.3 is 6.16 Å². The van der Waals surface area contributed by atoms with E-state index in [-0.39, 0.29) is 0 Å². The molecule has 3 nitrogen and oxygen atoms in total. The number of fused-ring (bicyclic) bond motifs is 1. The zero-order valence-corrected chi connectivity index (χ0v) is 14.8. The number of rotatable bonds is 3. The van der Waals surface area contributed by atoms with Crippen molar-refractivity contribution in [1.82, 2.24) is 0 Å². The summed E-state index contributed by atoms with van der Waals surface area (Å²) in [5.74, 6) is 0.336. The maximum atomic E-state index is 11.3. The van der Waals surface area contributed by atoms with E-state index in [2.05, 4.69) is 12.1 Å². The maximum Gasteiger partial charge on any atom is 0.511 e. The second-order valence-corrected chi connectivity index (χ2v) is 6.39. The minimum atomic E-state index is -1.32. The van der Waals surface area contributed by atoms with E-state index in [9.17, 15) is 9.90 Å². The summed E-state index contributed by atoms with van der Waals surface area (Å²) in [5, 5.41) is 11.4. The van der Waals surface area contributed by atoms with Crippen molar-refractivity contribution >= 4 is 16.9 Å². The van der Waals surface area contributed by atoms with Crippen molar-refractivity contribution in [3.05, 3.63) is 90.5 Å². The number of hydrogen-bond acceptors (Lipinski definition) is 2. The van der Waals surface area contributed by atoms with Gasteiger partial charge in [-0.25, -0.2) is 4.79 Å². The Hall–Kier alpha value is -3.59. The molecule has 0 spiro atoms. The zero-order valence-electron chi connectivity index (χ0n) is 14.8. The van der Waals surface area contributed by atoms with Gasteiger partial charge in [0.25, 0.3) is 0 Å². The molecule has 4 aromatic rings. The van der Waals surface area contributed by atoms with E-state index in [1.54, 1.807) is 6.07 Å². The van der Waals surface area contributed by atoms with Crippen LogP contribution in [0.5, 0.6) is 5.75 Å². The molecule has 4 aromatic carbocycles. The van der Waals surface area contributed by atoms with Gasteiger partial charge in [0.15, 0.2) is 0 Å². The molecule has 0 amide bonds. The van der Waals surface area contributed by atoms with Gasteiger partial charge in [-0.1, -0.05) is 78.9 Å². The number of carboxylic acid groups (broad SMARTS) is 1. The Bertz CT molecular complexity index is 1130. The third kappa shape index (κ3) is 3.15. The third-order valence-electron chi connectivity index (χ3n) is 4.69. The van der Waals surface area contributed by atoms with Crippen LogP contribution in [-0.2, 0) is 0 Å². The minimum Gasteiger partial charge on any atom is -0.449 e. The van der Waals surface area contributed by atoms with Crippen LogP contribution in [0.3, 0.4) is 0 Å². The number of carbonyl (C=O) groups is 1. The van der Waals surface area contributed by atoms with Crippen molar-refractivity contribution in [2.24, 2.45) is 0 Å². The van der Waals surface area contributed by atoms with Crippen molar-refractivity contribution in [1.29, 1.82) is 0 Å². The predicted octanol–water partition coefficient (Wildman–Crippen LogP) is 6.54. The minimum absolute atomic E-state index is 0.336. The highest BCUT2D eigenvalue weighted by Gasteiger charge is 2.19. The molecule has 0 atom stereocenters. The molecular formula is C24H18O3. The average molecular weight is 354 g/mol. The fraction of sp³-hybridized carbons (Fsp3) is 0.0417. The second kappa shape index (κ2) is 6.96. The molecule has 0 fully saturated rings. The Morgan fingerprint density at radius 2 is 1.48 bits per heavy atom. The van der Waals surface area contributed by atoms with Crippen molar-refractivity contribution in [2.75, 3.05) is 0 Å². The van der Waals surface area contributed by atoms with E-state index < -0.39 is 6.16 Å². The summed E-state index contributed by atoms with van der Waals surface area (Å²) in [6.45, 7) is 2.03. The first-order valence-corrected chi connectivity index (χ1v) is 8.73. The van der Waals surface area contributed by atoms with E-state index >= 15 is 0 Å². The van der Waals surface area contributed by atoms with Crippen LogP contribution in [0.15, 0.2) is 84.9 Å². The Morgan fingerprint density at radius 1 is 0.778 bits per heavy atom. The summed E-state index contributed by atoms with van der Waals surface area (Å²) in [7, 11) is 0. The molecule has 4 rings (SSSR count). The molecule has 0 radical (unpaired) electrons. The van der Waals surface area contributed by atoms with E-state index in [0.717, 1.165) is 38.6 Å². The first kappa shape index (κ1) is 16.9. The second-order valence-electron chi connectivity index (χ2n) is 6.39. The molecule has 3 heteroatoms. The fourth-order valence-corrected chi connectivity index (χ4v) is 3.55. The third-order valence-corrected chi connectivity index (χ3v) is 4.69. The van der Waals surface area contributed by atoms with Gasteiger partial charge in [0.2, 0.25) is 0 Å². The van der Waals surface area contributed by atoms with Crippen LogP contribution in [0, 0.1) is 6.92 Å². The average Bonchev–Trinajstić information content (AvgIpc) is 2.69. The maximum absolute atomic E-state index is 11.3. The lowest BCUT2D eigenvalue weighted by atomic mass is 9.88. The molecule has 0 unspecified atom stereocenters. The van der Waals surface area contributed by atoms with Gasteiger partial charge < -0.3 is 9.84 Å². The molecule has 0 bridgehead atoms. The quantitative estimate of drug-likeness (QED) is 0.336. The van der Waals surface area contributed by atoms with E-state index in [1.165, 1.54) is 0 Å². The lowest BCUT2D eigenvalue weighted by Gasteiger charge is -2.18. The molecular weight excluding hydrogens is 336 g/mol. The number of hydrogen-bond donors (Lipinski definition) is 1. The van der Waals surface area contributed by atoms with Gasteiger partial charge in [-0.2, -0.15) is 0 Å². The Labute approximate surface area is 157 Å². The van der Waals surface area contributed by atoms with E-state index in [1.807, 2.05) is 73.7 Å². The van der Waals surface area contributed by atoms with Gasteiger partial charge in [0, 0.05) is 5.56 Å². The summed E-state index contributed by atoms with van der Waals surface area (Å²) in [4.78, 5) is 11.3. The summed E-state index contributed by atoms with van der Waals surface area (Å²) in [5.41, 5.74) is 4.80. The molecule has 0 saturated heterocycles. The van der Waals surface area contributed by atoms with Crippen LogP contribution in [0.4, 0.5) is 4.79 Å². The van der Waals surface area contributed by atoms with Crippen LogP contribution in [0.2, 0.25) is 0 Å². The van der Waals surface area contributed by atoms with Crippen molar-refractivity contribution in [2.45, 2.75) is 6.92 Å². The Kier molecular flexibility index (Phi) is 4.35. The van der Waals surface area contributed by atoms with E-state index in [0.29, 0.717) is 5.75 Å². The fourth-order valence-electron chi connectivity index (χ4n) is 3.55. The molecule has 0 heterocycles. The first-order valence-electron chi connectivity index (χ1n) is 8.73. The molecule has 0 aliphatic heterocycles. The highest BCUT2D eigenvalue weighted by molar-refractivity contribution is 6.03. The smallest absolute Gasteiger partial charge is 0.449 e. The van der Waals surface area contributed by atoms with Crippen LogP contribution in [0.25, 0.3) is 33.0 Å². The van der Waals surface area contributed by atoms with Gasteiger partial charge in [-0.15, -0.1) is 0 Å². The van der Waals surface area contributed by atoms with Crippen molar-refractivity contribution in [3.63, 3.8) is 0 Å². The first-order chi connectivity index (χ1) is 13.1. The normalized spacial score (nSPS) is 10.7. The monoisotopic (exact) mass is 354 g/mol. The van der Waals surface area contributed by atoms with Gasteiger partial charge in [0.05, 0.1) is 0 Å². The van der Waals surface area contributed by atoms with Crippen LogP contribution in [0.1, 0.15) is 5.56 Å². The molecule has 132 valence electrons. The molecule has 0 aromatic heterocycles. The molecule has 0 saturated carbocycles. The van der Waals surface area contributed by atoms with Gasteiger partial charge in [-0.05, 0) is 46.0 Å². The highest BCUT2D eigenvalue weighted by Crippen LogP contribution is 2.43. The summed E-state index contributed by atoms with van der Waals surface area (Å²) < 4.78 is 5.18. The molecule has 0 aliphatic carbocycles. The molecule has 27 heavy (non-hydrogen) atoms. The largest absolute Gasteiger partial charge is 0.511 e. The highest BCUT2D eigenvalue weighted by atomic mass is 16.7. The van der Waals surface area contributed by atoms with Crippen LogP contribution in [-0.4, -0.2) is 11.3 Å². The summed E-state index contributed by atoms with van der Waals surface area (Å²) in [6.07, 6.45) is -1.32. The lowest BCUT2D eigenvalue weighted by molar-refractivity contribution is 0.144. The Morgan fingerprint density at radius 3 is 2.26 bits per heavy atom. The number of aryl methyl sites for hydroxylation is 1. The van der Waals surface area contributed by atoms with Gasteiger partial charge in [-0.3, -0.25) is 0 Å². The summed E-state index contributed by atoms with van der Waals surface area (Å²) >= 11 is 0. The van der Waals surface area contributed by atoms with Gasteiger partial charge in [0.1, 0.15) is 5.75 Å². The SMILES string of the molecule is Cc1ccc(OC(=O)O)c(-c2cccc3ccccc23)c1-c1ccccc1. The number of benzene rings is 4. The zero-order chi connectivity index (χ0) is 18.8. The molecule has 0 aliphatic rings. The standard InChI is InChI=1S/C24H18O3/c1-16-14-15-21(27-24(25)26)23(22(16)18-9-3-2-4-10-18)20-13-7-11-17-8-5-6-12-19(17)20/h2-15H,1H3,(H,25,26). The van der Waals surface area contributed by atoms with Crippen molar-refractivity contribution in [3.8, 4) is 28.0 Å². The number of ether oxygens (including phenoxy) is 1. The van der Waals surface area contributed by atoms with Crippen molar-refractivity contribution < 1.29 is 14.6 Å². The lowest BCUT2D eigenvalue weighted by Crippen LogP contribution is -2.05. The topological polar surface area (TPSA) is 46.5 Å². The van der Waals surface area contributed by atoms with Crippen LogP contribution >= 0.6 is 0 Å². The summed E-state index contributed by atoms with van der Waals surface area (Å²) in [6, 6.07) is 27.7. The van der Waals surface area contributed by atoms with E-state index in [4.69, 9.17) is 4.74 Å². The molecule has 1 N–H and O–H groups in total.